The normalized spacial score (nSPS) is 14.7. The molecule has 0 radical (unpaired) electrons. The molecule has 1 aliphatic rings. The van der Waals surface area contributed by atoms with Gasteiger partial charge in [0.05, 0.1) is 0 Å². The maximum absolute atomic E-state index is 13.4. The van der Waals surface area contributed by atoms with Gasteiger partial charge in [-0.2, -0.15) is 0 Å². The van der Waals surface area contributed by atoms with E-state index in [1.807, 2.05) is 48.5 Å². The second-order valence-electron chi connectivity index (χ2n) is 8.17. The Morgan fingerprint density at radius 1 is 0.912 bits per heavy atom. The van der Waals surface area contributed by atoms with Crippen LogP contribution in [0.25, 0.3) is 11.1 Å². The number of benzene rings is 3. The summed E-state index contributed by atoms with van der Waals surface area (Å²) < 4.78 is 13.2. The highest BCUT2D eigenvalue weighted by atomic mass is 19.1. The van der Waals surface area contributed by atoms with E-state index in [9.17, 15) is 14.0 Å². The number of pyridine rings is 1. The molecule has 1 aliphatic heterocycles. The minimum absolute atomic E-state index is 0.182. The molecule has 34 heavy (non-hydrogen) atoms. The number of fused-ring (bicyclic) bond motifs is 1. The number of hydrogen-bond acceptors (Lipinski definition) is 3. The lowest BCUT2D eigenvalue weighted by Crippen LogP contribution is -2.38. The molecule has 0 fully saturated rings. The summed E-state index contributed by atoms with van der Waals surface area (Å²) in [6, 6.07) is 24.1. The van der Waals surface area contributed by atoms with Crippen molar-refractivity contribution in [1.29, 1.82) is 0 Å². The van der Waals surface area contributed by atoms with Gasteiger partial charge in [0.2, 0.25) is 5.91 Å². The number of carbonyl (C=O) groups excluding carboxylic acids is 2. The van der Waals surface area contributed by atoms with Gasteiger partial charge in [-0.05, 0) is 46.5 Å². The van der Waals surface area contributed by atoms with Gasteiger partial charge in [-0.1, -0.05) is 60.7 Å². The summed E-state index contributed by atoms with van der Waals surface area (Å²) in [6.45, 7) is 0.513. The highest BCUT2D eigenvalue weighted by Crippen LogP contribution is 2.36. The molecule has 168 valence electrons. The summed E-state index contributed by atoms with van der Waals surface area (Å²) in [5.41, 5.74) is 4.82. The van der Waals surface area contributed by atoms with Crippen LogP contribution in [0.2, 0.25) is 0 Å². The number of amides is 2. The van der Waals surface area contributed by atoms with E-state index in [4.69, 9.17) is 0 Å². The molecule has 5 nitrogen and oxygen atoms in total. The van der Waals surface area contributed by atoms with Crippen LogP contribution < -0.4 is 5.32 Å². The van der Waals surface area contributed by atoms with Crippen LogP contribution in [0.1, 0.15) is 33.1 Å². The Balaban J connectivity index is 1.45. The first kappa shape index (κ1) is 21.5. The average molecular weight is 452 g/mol. The van der Waals surface area contributed by atoms with Crippen molar-refractivity contribution >= 4 is 11.8 Å². The van der Waals surface area contributed by atoms with E-state index in [0.717, 1.165) is 22.3 Å². The number of aromatic nitrogens is 1. The van der Waals surface area contributed by atoms with Gasteiger partial charge in [-0.15, -0.1) is 0 Å². The number of nitrogens with one attached hydrogen (secondary N) is 1. The topological polar surface area (TPSA) is 62.3 Å². The van der Waals surface area contributed by atoms with Gasteiger partial charge in [-0.25, -0.2) is 4.39 Å². The maximum atomic E-state index is 13.4. The van der Waals surface area contributed by atoms with Gasteiger partial charge < -0.3 is 10.2 Å². The van der Waals surface area contributed by atoms with Crippen molar-refractivity contribution in [2.24, 2.45) is 0 Å². The van der Waals surface area contributed by atoms with Gasteiger partial charge >= 0.3 is 0 Å². The zero-order chi connectivity index (χ0) is 23.5. The van der Waals surface area contributed by atoms with Crippen LogP contribution in [0, 0.1) is 5.82 Å². The summed E-state index contributed by atoms with van der Waals surface area (Å²) in [5.74, 6) is -0.788. The second-order valence-corrected chi connectivity index (χ2v) is 8.17. The van der Waals surface area contributed by atoms with Crippen LogP contribution in [0.4, 0.5) is 4.39 Å². The van der Waals surface area contributed by atoms with E-state index >= 15 is 0 Å². The first-order chi connectivity index (χ1) is 16.6. The molecule has 3 aromatic carbocycles. The molecule has 0 saturated carbocycles. The molecule has 6 heteroatoms. The third-order valence-electron chi connectivity index (χ3n) is 6.02. The Labute approximate surface area is 196 Å². The predicted molar refractivity (Wildman–Crippen MR) is 127 cm³/mol. The van der Waals surface area contributed by atoms with Gasteiger partial charge in [0.25, 0.3) is 5.91 Å². The lowest BCUT2D eigenvalue weighted by atomic mass is 10.00. The van der Waals surface area contributed by atoms with Crippen molar-refractivity contribution in [3.63, 3.8) is 0 Å². The Kier molecular flexibility index (Phi) is 5.87. The van der Waals surface area contributed by atoms with Crippen LogP contribution in [0.15, 0.2) is 97.3 Å². The van der Waals surface area contributed by atoms with Gasteiger partial charge in [0.1, 0.15) is 11.9 Å². The van der Waals surface area contributed by atoms with Crippen molar-refractivity contribution in [3.05, 3.63) is 125 Å². The molecular weight excluding hydrogens is 429 g/mol. The van der Waals surface area contributed by atoms with Crippen molar-refractivity contribution in [2.75, 3.05) is 0 Å². The van der Waals surface area contributed by atoms with E-state index in [-0.39, 0.29) is 30.7 Å². The molecule has 1 atom stereocenters. The molecule has 0 aliphatic carbocycles. The first-order valence-electron chi connectivity index (χ1n) is 11.0. The number of rotatable bonds is 6. The van der Waals surface area contributed by atoms with Crippen LogP contribution in [0.5, 0.6) is 0 Å². The van der Waals surface area contributed by atoms with Crippen molar-refractivity contribution in [3.8, 4) is 11.1 Å². The molecule has 4 aromatic rings. The molecule has 0 spiro atoms. The van der Waals surface area contributed by atoms with Crippen molar-refractivity contribution in [2.45, 2.75) is 19.1 Å². The predicted octanol–water partition coefficient (Wildman–Crippen LogP) is 4.90. The van der Waals surface area contributed by atoms with E-state index in [1.165, 1.54) is 12.1 Å². The highest BCUT2D eigenvalue weighted by Gasteiger charge is 2.40. The minimum Gasteiger partial charge on any atom is -0.350 e. The lowest BCUT2D eigenvalue weighted by molar-refractivity contribution is -0.125. The van der Waals surface area contributed by atoms with Crippen LogP contribution in [-0.2, 0) is 17.9 Å². The first-order valence-corrected chi connectivity index (χ1v) is 11.0. The number of nitrogens with zero attached hydrogens (tertiary/aromatic N) is 2. The summed E-state index contributed by atoms with van der Waals surface area (Å²) >= 11 is 0. The smallest absolute Gasteiger partial charge is 0.255 e. The van der Waals surface area contributed by atoms with Crippen molar-refractivity contribution < 1.29 is 14.0 Å². The third kappa shape index (κ3) is 4.18. The van der Waals surface area contributed by atoms with Gasteiger partial charge in [-0.3, -0.25) is 14.6 Å². The second kappa shape index (κ2) is 9.27. The summed E-state index contributed by atoms with van der Waals surface area (Å²) in [7, 11) is 0. The monoisotopic (exact) mass is 451 g/mol. The highest BCUT2D eigenvalue weighted by molar-refractivity contribution is 6.04. The zero-order valence-electron chi connectivity index (χ0n) is 18.3. The SMILES string of the molecule is O=C(NCc1ccc(F)cc1)C1c2ccccc2C(=O)N1Cc1ccccc1-c1cccnc1. The average Bonchev–Trinajstić information content (AvgIpc) is 3.16. The van der Waals surface area contributed by atoms with Crippen LogP contribution in [0.3, 0.4) is 0 Å². The summed E-state index contributed by atoms with van der Waals surface area (Å²) in [6.07, 6.45) is 3.50. The Morgan fingerprint density at radius 2 is 1.65 bits per heavy atom. The fourth-order valence-corrected chi connectivity index (χ4v) is 4.35. The minimum atomic E-state index is -0.758. The molecular formula is C28H22FN3O2. The summed E-state index contributed by atoms with van der Waals surface area (Å²) in [5, 5.41) is 2.92. The fraction of sp³-hybridized carbons (Fsp3) is 0.107. The third-order valence-corrected chi connectivity index (χ3v) is 6.02. The Bertz CT molecular complexity index is 1340. The summed E-state index contributed by atoms with van der Waals surface area (Å²) in [4.78, 5) is 32.6. The van der Waals surface area contributed by atoms with E-state index < -0.39 is 6.04 Å². The molecule has 1 aromatic heterocycles. The van der Waals surface area contributed by atoms with Gasteiger partial charge in [0, 0.05) is 36.6 Å². The quantitative estimate of drug-likeness (QED) is 0.454. The standard InChI is InChI=1S/C28H22FN3O2/c29-22-13-11-19(12-14-22)16-31-27(33)26-24-9-3-4-10-25(24)28(34)32(26)18-21-6-1-2-8-23(21)20-7-5-15-30-17-20/h1-15,17,26H,16,18H2,(H,31,33). The molecule has 0 bridgehead atoms. The molecule has 2 amide bonds. The zero-order valence-corrected chi connectivity index (χ0v) is 18.3. The van der Waals surface area contributed by atoms with Crippen LogP contribution >= 0.6 is 0 Å². The number of carbonyl (C=O) groups is 2. The van der Waals surface area contributed by atoms with E-state index in [0.29, 0.717) is 11.1 Å². The molecule has 1 N–H and O–H groups in total. The Hall–Kier alpha value is -4.32. The maximum Gasteiger partial charge on any atom is 0.255 e. The van der Waals surface area contributed by atoms with Crippen molar-refractivity contribution in [1.82, 2.24) is 15.2 Å². The lowest BCUT2D eigenvalue weighted by Gasteiger charge is -2.26. The fourth-order valence-electron chi connectivity index (χ4n) is 4.35. The van der Waals surface area contributed by atoms with Gasteiger partial charge in [0.15, 0.2) is 0 Å². The molecule has 0 saturated heterocycles. The molecule has 2 heterocycles. The number of hydrogen-bond donors (Lipinski definition) is 1. The molecule has 1 unspecified atom stereocenters. The Morgan fingerprint density at radius 3 is 2.41 bits per heavy atom. The van der Waals surface area contributed by atoms with Crippen LogP contribution in [-0.4, -0.2) is 21.7 Å². The van der Waals surface area contributed by atoms with E-state index in [2.05, 4.69) is 10.3 Å². The molecule has 5 rings (SSSR count). The largest absolute Gasteiger partial charge is 0.350 e. The number of halogens is 1. The van der Waals surface area contributed by atoms with E-state index in [1.54, 1.807) is 41.6 Å².